The summed E-state index contributed by atoms with van der Waals surface area (Å²) in [4.78, 5) is 70.1. The Kier molecular flexibility index (Phi) is 15.3. The molecule has 16 nitrogen and oxygen atoms in total. The lowest BCUT2D eigenvalue weighted by Gasteiger charge is -2.27. The van der Waals surface area contributed by atoms with E-state index in [1.54, 1.807) is 101 Å². The van der Waals surface area contributed by atoms with E-state index in [4.69, 9.17) is 29.4 Å². The average Bonchev–Trinajstić information content (AvgIpc) is 3.69. The van der Waals surface area contributed by atoms with Crippen molar-refractivity contribution in [2.24, 2.45) is 5.73 Å². The van der Waals surface area contributed by atoms with Crippen molar-refractivity contribution in [2.45, 2.75) is 106 Å². The third-order valence-electron chi connectivity index (χ3n) is 8.35. The summed E-state index contributed by atoms with van der Waals surface area (Å²) in [6.07, 6.45) is -0.568. The SMILES string of the molecule is CCOC(=O)c1ccc2cc(C(=O)OCC)n(C(C)C(C)N)c2n1.CCOC(=O)c1ccc2cc(C(=O)OCC)n(C(C)C(C)NC(=O)OC(C)(C)C)c2n1. The molecule has 0 saturated carbocycles. The number of carbonyl (C=O) groups is 5. The van der Waals surface area contributed by atoms with Crippen molar-refractivity contribution in [1.82, 2.24) is 24.4 Å². The number of alkyl carbamates (subject to hydrolysis) is 1. The number of hydrogen-bond donors (Lipinski definition) is 2. The van der Waals surface area contributed by atoms with Crippen molar-refractivity contribution >= 4 is 52.0 Å². The smallest absolute Gasteiger partial charge is 0.407 e. The van der Waals surface area contributed by atoms with E-state index >= 15 is 0 Å². The van der Waals surface area contributed by atoms with Gasteiger partial charge in [-0.3, -0.25) is 0 Å². The van der Waals surface area contributed by atoms with Gasteiger partial charge in [-0.05, 0) is 113 Å². The highest BCUT2D eigenvalue weighted by Gasteiger charge is 2.28. The van der Waals surface area contributed by atoms with Crippen LogP contribution in [0, 0.1) is 0 Å². The number of pyridine rings is 2. The zero-order chi connectivity index (χ0) is 41.2. The number of esters is 4. The van der Waals surface area contributed by atoms with Gasteiger partial charge in [0.15, 0.2) is 11.4 Å². The maximum absolute atomic E-state index is 12.6. The second kappa shape index (κ2) is 19.2. The van der Waals surface area contributed by atoms with Gasteiger partial charge in [-0.15, -0.1) is 0 Å². The minimum Gasteiger partial charge on any atom is -0.461 e. The Morgan fingerprint density at radius 1 is 0.655 bits per heavy atom. The van der Waals surface area contributed by atoms with Crippen LogP contribution in [-0.2, 0) is 23.7 Å². The Hall–Kier alpha value is -5.51. The molecule has 4 rings (SSSR count). The molecule has 0 aliphatic heterocycles. The van der Waals surface area contributed by atoms with Crippen LogP contribution in [0.3, 0.4) is 0 Å². The number of hydrogen-bond acceptors (Lipinski definition) is 13. The van der Waals surface area contributed by atoms with E-state index in [-0.39, 0.29) is 55.6 Å². The standard InChI is InChI=1S/C22H31N3O6.C17H23N3O4/c1-8-29-19(26)16-11-10-15-12-17(20(27)30-9-2)25(18(15)24-16)14(4)13(3)23-21(28)31-22(5,6)7;1-5-23-16(21)13-8-7-12-9-14(17(22)24-6-2)20(15(12)19-13)11(4)10(3)18/h10-14H,8-9H2,1-7H3,(H,23,28);7-11H,5-6,18H2,1-4H3. The van der Waals surface area contributed by atoms with Crippen molar-refractivity contribution < 1.29 is 47.7 Å². The van der Waals surface area contributed by atoms with Crippen LogP contribution >= 0.6 is 0 Å². The molecule has 16 heteroatoms. The van der Waals surface area contributed by atoms with Crippen LogP contribution < -0.4 is 11.1 Å². The summed E-state index contributed by atoms with van der Waals surface area (Å²) in [6, 6.07) is 8.67. The Morgan fingerprint density at radius 3 is 1.40 bits per heavy atom. The molecule has 4 heterocycles. The lowest BCUT2D eigenvalue weighted by molar-refractivity contribution is 0.0483. The molecular weight excluding hydrogens is 712 g/mol. The van der Waals surface area contributed by atoms with Crippen molar-refractivity contribution in [3.63, 3.8) is 0 Å². The molecule has 0 aliphatic carbocycles. The molecule has 0 radical (unpaired) electrons. The van der Waals surface area contributed by atoms with E-state index in [1.807, 2.05) is 20.8 Å². The highest BCUT2D eigenvalue weighted by molar-refractivity contribution is 5.97. The van der Waals surface area contributed by atoms with E-state index in [2.05, 4.69) is 15.3 Å². The van der Waals surface area contributed by atoms with Gasteiger partial charge in [0.25, 0.3) is 0 Å². The van der Waals surface area contributed by atoms with E-state index in [1.165, 1.54) is 0 Å². The summed E-state index contributed by atoms with van der Waals surface area (Å²) in [5.41, 5.74) is 7.26. The number of nitrogens with two attached hydrogens (primary N) is 1. The number of amides is 1. The molecule has 1 amide bonds. The van der Waals surface area contributed by atoms with Gasteiger partial charge in [0.1, 0.15) is 28.3 Å². The molecule has 4 unspecified atom stereocenters. The first-order valence-corrected chi connectivity index (χ1v) is 18.4. The number of nitrogens with one attached hydrogen (secondary N) is 1. The van der Waals surface area contributed by atoms with Crippen molar-refractivity contribution in [2.75, 3.05) is 26.4 Å². The molecular formula is C39H54N6O10. The predicted octanol–water partition coefficient (Wildman–Crippen LogP) is 6.16. The molecule has 4 aromatic rings. The summed E-state index contributed by atoms with van der Waals surface area (Å²) in [5, 5.41) is 4.19. The molecule has 4 atom stereocenters. The van der Waals surface area contributed by atoms with Crippen LogP contribution in [0.15, 0.2) is 36.4 Å². The Morgan fingerprint density at radius 2 is 1.04 bits per heavy atom. The van der Waals surface area contributed by atoms with Gasteiger partial charge in [0.2, 0.25) is 0 Å². The molecule has 0 fully saturated rings. The molecule has 55 heavy (non-hydrogen) atoms. The molecule has 0 aliphatic rings. The van der Waals surface area contributed by atoms with E-state index in [9.17, 15) is 24.0 Å². The van der Waals surface area contributed by atoms with E-state index < -0.39 is 47.7 Å². The Bertz CT molecular complexity index is 1990. The number of aromatic nitrogens is 4. The highest BCUT2D eigenvalue weighted by atomic mass is 16.6. The van der Waals surface area contributed by atoms with Crippen molar-refractivity contribution in [1.29, 1.82) is 0 Å². The van der Waals surface area contributed by atoms with Crippen molar-refractivity contribution in [3.8, 4) is 0 Å². The molecule has 0 aromatic carbocycles. The molecule has 300 valence electrons. The quantitative estimate of drug-likeness (QED) is 0.116. The van der Waals surface area contributed by atoms with E-state index in [0.29, 0.717) is 22.4 Å². The molecule has 3 N–H and O–H groups in total. The number of carbonyl (C=O) groups excluding carboxylic acids is 5. The first-order chi connectivity index (χ1) is 25.9. The largest absolute Gasteiger partial charge is 0.461 e. The Balaban J connectivity index is 0.000000305. The third-order valence-corrected chi connectivity index (χ3v) is 8.35. The van der Waals surface area contributed by atoms with Gasteiger partial charge in [-0.25, -0.2) is 33.9 Å². The normalized spacial score (nSPS) is 13.5. The number of rotatable bonds is 13. The maximum Gasteiger partial charge on any atom is 0.407 e. The molecule has 4 aromatic heterocycles. The number of fused-ring (bicyclic) bond motifs is 2. The van der Waals surface area contributed by atoms with Gasteiger partial charge in [-0.2, -0.15) is 0 Å². The third kappa shape index (κ3) is 11.0. The zero-order valence-corrected chi connectivity index (χ0v) is 33.6. The first kappa shape index (κ1) is 43.9. The lowest BCUT2D eigenvalue weighted by Crippen LogP contribution is -2.41. The fourth-order valence-corrected chi connectivity index (χ4v) is 5.45. The van der Waals surface area contributed by atoms with Crippen LogP contribution in [0.25, 0.3) is 22.1 Å². The van der Waals surface area contributed by atoms with Crippen LogP contribution in [0.1, 0.15) is 130 Å². The topological polar surface area (TPSA) is 205 Å². The van der Waals surface area contributed by atoms with Crippen LogP contribution in [-0.4, -0.2) is 93.2 Å². The summed E-state index contributed by atoms with van der Waals surface area (Å²) in [5.74, 6) is -2.02. The van der Waals surface area contributed by atoms with Gasteiger partial charge < -0.3 is 43.9 Å². The fraction of sp³-hybridized carbons (Fsp3) is 0.513. The second-order valence-corrected chi connectivity index (χ2v) is 13.7. The van der Waals surface area contributed by atoms with Crippen LogP contribution in [0.2, 0.25) is 0 Å². The van der Waals surface area contributed by atoms with Gasteiger partial charge in [0, 0.05) is 28.9 Å². The number of ether oxygens (including phenoxy) is 5. The van der Waals surface area contributed by atoms with Gasteiger partial charge in [-0.1, -0.05) is 0 Å². The monoisotopic (exact) mass is 766 g/mol. The van der Waals surface area contributed by atoms with Gasteiger partial charge in [0.05, 0.1) is 32.5 Å². The lowest BCUT2D eigenvalue weighted by atomic mass is 10.1. The van der Waals surface area contributed by atoms with E-state index in [0.717, 1.165) is 5.39 Å². The molecule has 0 saturated heterocycles. The summed E-state index contributed by atoms with van der Waals surface area (Å²) in [7, 11) is 0. The minimum atomic E-state index is -0.640. The highest BCUT2D eigenvalue weighted by Crippen LogP contribution is 2.28. The van der Waals surface area contributed by atoms with Crippen molar-refractivity contribution in [3.05, 3.63) is 59.2 Å². The maximum atomic E-state index is 12.6. The Labute approximate surface area is 321 Å². The van der Waals surface area contributed by atoms with Gasteiger partial charge >= 0.3 is 30.0 Å². The van der Waals surface area contributed by atoms with Crippen LogP contribution in [0.4, 0.5) is 4.79 Å². The summed E-state index contributed by atoms with van der Waals surface area (Å²) < 4.78 is 29.1. The summed E-state index contributed by atoms with van der Waals surface area (Å²) in [6.45, 7) is 20.6. The average molecular weight is 767 g/mol. The first-order valence-electron chi connectivity index (χ1n) is 18.4. The summed E-state index contributed by atoms with van der Waals surface area (Å²) >= 11 is 0. The molecule has 0 spiro atoms. The second-order valence-electron chi connectivity index (χ2n) is 13.7. The predicted molar refractivity (Wildman–Crippen MR) is 205 cm³/mol. The zero-order valence-electron chi connectivity index (χ0n) is 33.6. The number of nitrogens with zero attached hydrogens (tertiary/aromatic N) is 4. The minimum absolute atomic E-state index is 0.129. The fourth-order valence-electron chi connectivity index (χ4n) is 5.45. The van der Waals surface area contributed by atoms with Crippen LogP contribution in [0.5, 0.6) is 0 Å². The molecule has 0 bridgehead atoms.